The predicted molar refractivity (Wildman–Crippen MR) is 74.2 cm³/mol. The lowest BCUT2D eigenvalue weighted by Crippen LogP contribution is -2.35. The topological polar surface area (TPSA) is 57.6 Å². The highest BCUT2D eigenvalue weighted by molar-refractivity contribution is 6.42. The summed E-state index contributed by atoms with van der Waals surface area (Å²) in [6.45, 7) is 6.27. The van der Waals surface area contributed by atoms with Gasteiger partial charge in [-0.3, -0.25) is 9.59 Å². The van der Waals surface area contributed by atoms with E-state index in [0.717, 1.165) is 5.56 Å². The molecule has 4 nitrogen and oxygen atoms in total. The molecule has 104 valence electrons. The van der Waals surface area contributed by atoms with Crippen LogP contribution in [0.1, 0.15) is 36.7 Å². The summed E-state index contributed by atoms with van der Waals surface area (Å²) >= 11 is 0. The van der Waals surface area contributed by atoms with E-state index in [1.54, 1.807) is 12.1 Å². The molecule has 0 heterocycles. The highest BCUT2D eigenvalue weighted by Gasteiger charge is 2.21. The van der Waals surface area contributed by atoms with E-state index < -0.39 is 11.7 Å². The number of ketones is 1. The first-order valence-corrected chi connectivity index (χ1v) is 6.28. The Morgan fingerprint density at radius 3 is 2.11 bits per heavy atom. The predicted octanol–water partition coefficient (Wildman–Crippen LogP) is 1.62. The Morgan fingerprint density at radius 2 is 1.68 bits per heavy atom. The van der Waals surface area contributed by atoms with E-state index in [0.29, 0.717) is 5.56 Å². The van der Waals surface area contributed by atoms with Gasteiger partial charge in [0.2, 0.25) is 5.78 Å². The van der Waals surface area contributed by atoms with E-state index in [2.05, 4.69) is 20.8 Å². The number of amides is 1. The van der Waals surface area contributed by atoms with Crippen molar-refractivity contribution in [3.05, 3.63) is 35.4 Å². The molecule has 0 aliphatic heterocycles. The summed E-state index contributed by atoms with van der Waals surface area (Å²) < 4.78 is 0. The van der Waals surface area contributed by atoms with Gasteiger partial charge >= 0.3 is 0 Å². The average Bonchev–Trinajstić information content (AvgIpc) is 2.36. The zero-order valence-electron chi connectivity index (χ0n) is 11.9. The first kappa shape index (κ1) is 15.4. The minimum Gasteiger partial charge on any atom is -0.395 e. The molecule has 0 bridgehead atoms. The van der Waals surface area contributed by atoms with Gasteiger partial charge in [-0.15, -0.1) is 0 Å². The van der Waals surface area contributed by atoms with Gasteiger partial charge in [-0.1, -0.05) is 45.0 Å². The molecule has 1 N–H and O–H groups in total. The van der Waals surface area contributed by atoms with Crippen LogP contribution in [0.15, 0.2) is 24.3 Å². The van der Waals surface area contributed by atoms with Gasteiger partial charge in [-0.05, 0) is 11.0 Å². The third kappa shape index (κ3) is 3.89. The Hall–Kier alpha value is -1.68. The Kier molecular flexibility index (Phi) is 4.84. The molecule has 0 aliphatic carbocycles. The van der Waals surface area contributed by atoms with Gasteiger partial charge in [-0.2, -0.15) is 0 Å². The van der Waals surface area contributed by atoms with Crippen LogP contribution in [0, 0.1) is 0 Å². The number of nitrogens with zero attached hydrogens (tertiary/aromatic N) is 1. The molecule has 0 radical (unpaired) electrons. The fourth-order valence-corrected chi connectivity index (χ4v) is 1.67. The minimum atomic E-state index is -0.599. The third-order valence-corrected chi connectivity index (χ3v) is 2.99. The molecule has 1 rings (SSSR count). The molecule has 4 heteroatoms. The van der Waals surface area contributed by atoms with Gasteiger partial charge in [0.25, 0.3) is 5.91 Å². The number of hydrogen-bond donors (Lipinski definition) is 1. The lowest BCUT2D eigenvalue weighted by atomic mass is 9.86. The second-order valence-corrected chi connectivity index (χ2v) is 5.61. The van der Waals surface area contributed by atoms with E-state index >= 15 is 0 Å². The number of likely N-dealkylation sites (N-methyl/N-ethyl adjacent to an activating group) is 1. The maximum absolute atomic E-state index is 11.9. The lowest BCUT2D eigenvalue weighted by Gasteiger charge is -2.19. The molecule has 0 atom stereocenters. The second kappa shape index (κ2) is 5.97. The number of carbonyl (C=O) groups excluding carboxylic acids is 2. The van der Waals surface area contributed by atoms with Gasteiger partial charge < -0.3 is 10.0 Å². The summed E-state index contributed by atoms with van der Waals surface area (Å²) in [4.78, 5) is 25.0. The summed E-state index contributed by atoms with van der Waals surface area (Å²) in [6, 6.07) is 7.08. The molecule has 0 saturated carbocycles. The van der Waals surface area contributed by atoms with Gasteiger partial charge in [0, 0.05) is 19.2 Å². The third-order valence-electron chi connectivity index (χ3n) is 2.99. The fourth-order valence-electron chi connectivity index (χ4n) is 1.67. The van der Waals surface area contributed by atoms with Crippen LogP contribution in [0.2, 0.25) is 0 Å². The number of carbonyl (C=O) groups is 2. The Labute approximate surface area is 114 Å². The Morgan fingerprint density at radius 1 is 1.16 bits per heavy atom. The number of aliphatic hydroxyl groups is 1. The van der Waals surface area contributed by atoms with Crippen LogP contribution in [0.4, 0.5) is 0 Å². The van der Waals surface area contributed by atoms with Crippen LogP contribution >= 0.6 is 0 Å². The fraction of sp³-hybridized carbons (Fsp3) is 0.467. The lowest BCUT2D eigenvalue weighted by molar-refractivity contribution is -0.125. The van der Waals surface area contributed by atoms with Crippen LogP contribution in [0.25, 0.3) is 0 Å². The van der Waals surface area contributed by atoms with Crippen molar-refractivity contribution in [1.29, 1.82) is 0 Å². The largest absolute Gasteiger partial charge is 0.395 e. The highest BCUT2D eigenvalue weighted by Crippen LogP contribution is 2.22. The van der Waals surface area contributed by atoms with E-state index in [9.17, 15) is 9.59 Å². The SMILES string of the molecule is CN(CCO)C(=O)C(=O)c1ccc(C(C)(C)C)cc1. The molecule has 0 saturated heterocycles. The average molecular weight is 263 g/mol. The summed E-state index contributed by atoms with van der Waals surface area (Å²) in [5.41, 5.74) is 1.50. The first-order valence-electron chi connectivity index (χ1n) is 6.28. The molecule has 0 spiro atoms. The highest BCUT2D eigenvalue weighted by atomic mass is 16.3. The van der Waals surface area contributed by atoms with Crippen molar-refractivity contribution >= 4 is 11.7 Å². The van der Waals surface area contributed by atoms with E-state index in [4.69, 9.17) is 5.11 Å². The summed E-state index contributed by atoms with van der Waals surface area (Å²) in [5, 5.41) is 8.76. The van der Waals surface area contributed by atoms with Crippen molar-refractivity contribution in [2.45, 2.75) is 26.2 Å². The van der Waals surface area contributed by atoms with Crippen LogP contribution in [-0.4, -0.2) is 41.9 Å². The van der Waals surface area contributed by atoms with E-state index in [-0.39, 0.29) is 18.6 Å². The van der Waals surface area contributed by atoms with Crippen molar-refractivity contribution in [2.75, 3.05) is 20.2 Å². The summed E-state index contributed by atoms with van der Waals surface area (Å²) in [5.74, 6) is -1.14. The summed E-state index contributed by atoms with van der Waals surface area (Å²) in [7, 11) is 1.50. The Balaban J connectivity index is 2.87. The van der Waals surface area contributed by atoms with Gasteiger partial charge in [-0.25, -0.2) is 0 Å². The number of rotatable bonds is 4. The normalized spacial score (nSPS) is 11.2. The van der Waals surface area contributed by atoms with E-state index in [1.807, 2.05) is 12.1 Å². The first-order chi connectivity index (χ1) is 8.77. The van der Waals surface area contributed by atoms with Gasteiger partial charge in [0.1, 0.15) is 0 Å². The number of aliphatic hydroxyl groups excluding tert-OH is 1. The molecule has 19 heavy (non-hydrogen) atoms. The van der Waals surface area contributed by atoms with Crippen LogP contribution in [-0.2, 0) is 10.2 Å². The zero-order chi connectivity index (χ0) is 14.6. The molecule has 0 aromatic heterocycles. The molecule has 1 aromatic carbocycles. The Bertz CT molecular complexity index is 457. The maximum atomic E-state index is 11.9. The number of hydrogen-bond acceptors (Lipinski definition) is 3. The zero-order valence-corrected chi connectivity index (χ0v) is 11.9. The standard InChI is InChI=1S/C15H21NO3/c1-15(2,3)12-7-5-11(6-8-12)13(18)14(19)16(4)9-10-17/h5-8,17H,9-10H2,1-4H3. The molecule has 0 aliphatic rings. The quantitative estimate of drug-likeness (QED) is 0.663. The monoisotopic (exact) mass is 263 g/mol. The molecule has 1 amide bonds. The van der Waals surface area contributed by atoms with E-state index in [1.165, 1.54) is 11.9 Å². The molecular weight excluding hydrogens is 242 g/mol. The number of Topliss-reactive ketones (excluding diaryl/α,β-unsaturated/α-hetero) is 1. The van der Waals surface area contributed by atoms with Gasteiger partial charge in [0.05, 0.1) is 6.61 Å². The maximum Gasteiger partial charge on any atom is 0.294 e. The number of benzene rings is 1. The molecular formula is C15H21NO3. The van der Waals surface area contributed by atoms with Crippen molar-refractivity contribution in [2.24, 2.45) is 0 Å². The van der Waals surface area contributed by atoms with Crippen molar-refractivity contribution < 1.29 is 14.7 Å². The second-order valence-electron chi connectivity index (χ2n) is 5.61. The van der Waals surface area contributed by atoms with Crippen LogP contribution in [0.3, 0.4) is 0 Å². The smallest absolute Gasteiger partial charge is 0.294 e. The van der Waals surface area contributed by atoms with Crippen LogP contribution < -0.4 is 0 Å². The van der Waals surface area contributed by atoms with Crippen molar-refractivity contribution in [3.8, 4) is 0 Å². The molecule has 0 fully saturated rings. The molecule has 1 aromatic rings. The van der Waals surface area contributed by atoms with Gasteiger partial charge in [0.15, 0.2) is 0 Å². The summed E-state index contributed by atoms with van der Waals surface area (Å²) in [6.07, 6.45) is 0. The minimum absolute atomic E-state index is 0.0132. The van der Waals surface area contributed by atoms with Crippen molar-refractivity contribution in [1.82, 2.24) is 4.90 Å². The van der Waals surface area contributed by atoms with Crippen molar-refractivity contribution in [3.63, 3.8) is 0 Å². The molecule has 0 unspecified atom stereocenters. The van der Waals surface area contributed by atoms with Crippen LogP contribution in [0.5, 0.6) is 0 Å².